The van der Waals surface area contributed by atoms with Gasteiger partial charge in [-0.15, -0.1) is 0 Å². The van der Waals surface area contributed by atoms with Crippen LogP contribution in [-0.2, 0) is 27.5 Å². The molecule has 2 aromatic carbocycles. The van der Waals surface area contributed by atoms with Gasteiger partial charge in [0.1, 0.15) is 28.5 Å². The molecule has 0 saturated carbocycles. The van der Waals surface area contributed by atoms with Crippen LogP contribution in [0.5, 0.6) is 5.75 Å². The second-order valence-corrected chi connectivity index (χ2v) is 15.3. The fourth-order valence-corrected chi connectivity index (χ4v) is 8.77. The molecule has 1 fully saturated rings. The number of benzene rings is 2. The van der Waals surface area contributed by atoms with E-state index in [1.165, 1.54) is 50.2 Å². The van der Waals surface area contributed by atoms with Gasteiger partial charge < -0.3 is 41.7 Å². The second-order valence-electron chi connectivity index (χ2n) is 15.3. The Morgan fingerprint density at radius 1 is 1.00 bits per heavy atom. The van der Waals surface area contributed by atoms with Crippen LogP contribution >= 0.6 is 0 Å². The molecular formula is C39H40F6N4O9. The summed E-state index contributed by atoms with van der Waals surface area (Å²) in [6, 6.07) is 6.21. The minimum atomic E-state index is -4.93. The predicted molar refractivity (Wildman–Crippen MR) is 192 cm³/mol. The molecule has 1 saturated heterocycles. The van der Waals surface area contributed by atoms with E-state index in [0.717, 1.165) is 18.9 Å². The average Bonchev–Trinajstić information content (AvgIpc) is 3.13. The Morgan fingerprint density at radius 3 is 2.22 bits per heavy atom. The van der Waals surface area contributed by atoms with E-state index < -0.39 is 116 Å². The summed E-state index contributed by atoms with van der Waals surface area (Å²) in [4.78, 5) is 43.1. The Bertz CT molecular complexity index is 2270. The van der Waals surface area contributed by atoms with Crippen molar-refractivity contribution in [2.24, 2.45) is 17.6 Å². The van der Waals surface area contributed by atoms with E-state index in [9.17, 15) is 71.4 Å². The van der Waals surface area contributed by atoms with E-state index in [4.69, 9.17) is 5.73 Å². The number of Topliss-reactive ketones (excluding diaryl/α,β-unsaturated/α-hetero) is 2. The molecule has 7 atom stereocenters. The number of nitrogens with zero attached hydrogens (tertiary/aromatic N) is 2. The van der Waals surface area contributed by atoms with Gasteiger partial charge >= 0.3 is 12.4 Å². The third-order valence-electron chi connectivity index (χ3n) is 11.5. The summed E-state index contributed by atoms with van der Waals surface area (Å²) < 4.78 is 79.3. The zero-order valence-electron chi connectivity index (χ0n) is 31.1. The number of phenolic OH excluding ortho intramolecular Hbond substituents is 1. The molecular weight excluding hydrogens is 782 g/mol. The number of piperidine rings is 1. The standard InChI is InChI=1S/C22H24N2O8.C17H16F6N2O/c1-21(31)8-5-4-6-11(25)12(8)16(26)13-9(21)7-10-15(24(2)3)17(27)14(20(23)30)19(29)22(10,32)18(13)28;18-16(19,20)11-5-3-4-9-10(15(26)12-6-1-2-7-24-12)8-13(17(21,22)23)25-14(9)11/h4-6,9-10,15,25,27-28,31-32H,7H2,1-3H3,(H2,23,30);3-5,8,12,15,24,26H,1-2,6-7H2/t9-,10-,15-,21+,22-;12-,15+/m01/s1. The van der Waals surface area contributed by atoms with Gasteiger partial charge in [0.05, 0.1) is 34.4 Å². The predicted octanol–water partition coefficient (Wildman–Crippen LogP) is 4.23. The van der Waals surface area contributed by atoms with Crippen molar-refractivity contribution in [2.75, 3.05) is 20.6 Å². The van der Waals surface area contributed by atoms with E-state index in [1.54, 1.807) is 0 Å². The van der Waals surface area contributed by atoms with Gasteiger partial charge in [0.2, 0.25) is 5.78 Å². The molecule has 7 rings (SSSR count). The monoisotopic (exact) mass is 822 g/mol. The maximum Gasteiger partial charge on any atom is 0.433 e. The smallest absolute Gasteiger partial charge is 0.433 e. The summed E-state index contributed by atoms with van der Waals surface area (Å²) >= 11 is 0. The van der Waals surface area contributed by atoms with Crippen molar-refractivity contribution in [1.82, 2.24) is 15.2 Å². The van der Waals surface area contributed by atoms with Gasteiger partial charge in [-0.05, 0) is 76.2 Å². The number of halogens is 6. The first kappa shape index (κ1) is 42.5. The van der Waals surface area contributed by atoms with E-state index in [2.05, 4.69) is 10.3 Å². The number of pyridine rings is 1. The lowest BCUT2D eigenvalue weighted by Crippen LogP contribution is -2.65. The molecule has 4 aliphatic rings. The Balaban J connectivity index is 0.000000200. The number of carbonyl (C=O) groups is 3. The lowest BCUT2D eigenvalue weighted by molar-refractivity contribution is -0.152. The van der Waals surface area contributed by atoms with Gasteiger partial charge in [-0.25, -0.2) is 4.98 Å². The fourth-order valence-electron chi connectivity index (χ4n) is 8.77. The molecule has 312 valence electrons. The maximum atomic E-state index is 13.3. The number of hydrogen-bond donors (Lipinski definition) is 8. The number of rotatable bonds is 4. The van der Waals surface area contributed by atoms with Crippen LogP contribution in [0.15, 0.2) is 65.1 Å². The molecule has 58 heavy (non-hydrogen) atoms. The number of para-hydroxylation sites is 1. The summed E-state index contributed by atoms with van der Waals surface area (Å²) in [6.07, 6.45) is -9.20. The molecule has 9 N–H and O–H groups in total. The molecule has 2 heterocycles. The first-order valence-electron chi connectivity index (χ1n) is 18.1. The summed E-state index contributed by atoms with van der Waals surface area (Å²) in [6.45, 7) is 1.99. The number of alkyl halides is 6. The highest BCUT2D eigenvalue weighted by Gasteiger charge is 2.65. The number of aromatic hydroxyl groups is 1. The van der Waals surface area contributed by atoms with Crippen LogP contribution < -0.4 is 11.1 Å². The number of phenols is 1. The zero-order valence-corrected chi connectivity index (χ0v) is 31.1. The Morgan fingerprint density at radius 2 is 1.66 bits per heavy atom. The highest BCUT2D eigenvalue weighted by Crippen LogP contribution is 2.56. The summed E-state index contributed by atoms with van der Waals surface area (Å²) in [5, 5.41) is 68.5. The lowest BCUT2D eigenvalue weighted by Gasteiger charge is -2.52. The number of nitrogens with one attached hydrogen (secondary N) is 1. The van der Waals surface area contributed by atoms with E-state index in [0.29, 0.717) is 25.1 Å². The first-order valence-corrected chi connectivity index (χ1v) is 18.1. The molecule has 1 amide bonds. The van der Waals surface area contributed by atoms with Crippen LogP contribution in [0.4, 0.5) is 26.3 Å². The average molecular weight is 823 g/mol. The molecule has 0 spiro atoms. The van der Waals surface area contributed by atoms with Crippen LogP contribution in [0.25, 0.3) is 10.9 Å². The van der Waals surface area contributed by atoms with Crippen molar-refractivity contribution < 1.29 is 71.4 Å². The molecule has 13 nitrogen and oxygen atoms in total. The zero-order chi connectivity index (χ0) is 43.0. The number of fused-ring (bicyclic) bond motifs is 4. The molecule has 0 radical (unpaired) electrons. The van der Waals surface area contributed by atoms with Gasteiger partial charge in [-0.2, -0.15) is 26.3 Å². The van der Waals surface area contributed by atoms with Crippen molar-refractivity contribution in [1.29, 1.82) is 0 Å². The largest absolute Gasteiger partial charge is 0.510 e. The van der Waals surface area contributed by atoms with Crippen molar-refractivity contribution in [3.63, 3.8) is 0 Å². The number of aliphatic hydroxyl groups is 5. The maximum absolute atomic E-state index is 13.3. The van der Waals surface area contributed by atoms with E-state index in [1.807, 2.05) is 0 Å². The number of aromatic nitrogens is 1. The third-order valence-corrected chi connectivity index (χ3v) is 11.5. The summed E-state index contributed by atoms with van der Waals surface area (Å²) in [5.41, 5.74) is -4.37. The Hall–Kier alpha value is -5.08. The summed E-state index contributed by atoms with van der Waals surface area (Å²) in [7, 11) is 3.06. The number of amides is 1. The molecule has 0 unspecified atom stereocenters. The van der Waals surface area contributed by atoms with Crippen molar-refractivity contribution in [2.45, 2.75) is 74.3 Å². The number of likely N-dealkylation sites (N-methyl/N-ethyl adjacent to an activating group) is 1. The normalized spacial score (nSPS) is 28.1. The fraction of sp³-hybridized carbons (Fsp3) is 0.436. The molecule has 1 aliphatic heterocycles. The molecule has 3 aromatic rings. The molecule has 3 aliphatic carbocycles. The number of hydrogen-bond acceptors (Lipinski definition) is 12. The summed E-state index contributed by atoms with van der Waals surface area (Å²) in [5.74, 6) is -7.89. The molecule has 0 bridgehead atoms. The third kappa shape index (κ3) is 6.77. The van der Waals surface area contributed by atoms with E-state index in [-0.39, 0.29) is 28.5 Å². The Labute approximate surface area is 326 Å². The second kappa shape index (κ2) is 14.6. The quantitative estimate of drug-likeness (QED) is 0.137. The topological polar surface area (TPSA) is 227 Å². The number of carbonyl (C=O) groups excluding carboxylic acids is 3. The van der Waals surface area contributed by atoms with Crippen LogP contribution in [0.1, 0.15) is 71.5 Å². The first-order chi connectivity index (χ1) is 26.9. The number of ketones is 2. The van der Waals surface area contributed by atoms with Crippen molar-refractivity contribution in [3.8, 4) is 5.75 Å². The highest BCUT2D eigenvalue weighted by atomic mass is 19.4. The molecule has 19 heteroatoms. The van der Waals surface area contributed by atoms with Gasteiger partial charge in [0.25, 0.3) is 5.91 Å². The SMILES string of the molecule is CN(C)[C@@H]1C(O)=C(C(N)=O)C(=O)[C@@]2(O)C(O)=C3C(=O)c4c(O)cccc4[C@@](C)(O)[C@H]3C[C@@H]12.O[C@@H](c1cc(C(F)(F)F)nc2c(C(F)(F)F)cccc12)[C@H]1CCCCN1. The van der Waals surface area contributed by atoms with Crippen LogP contribution in [0, 0.1) is 11.8 Å². The minimum Gasteiger partial charge on any atom is -0.510 e. The number of aliphatic hydroxyl groups excluding tert-OH is 3. The minimum absolute atomic E-state index is 0.132. The van der Waals surface area contributed by atoms with Gasteiger partial charge in [0.15, 0.2) is 11.4 Å². The van der Waals surface area contributed by atoms with E-state index >= 15 is 0 Å². The number of primary amides is 1. The van der Waals surface area contributed by atoms with Crippen LogP contribution in [0.2, 0.25) is 0 Å². The van der Waals surface area contributed by atoms with Crippen molar-refractivity contribution >= 4 is 28.4 Å². The van der Waals surface area contributed by atoms with Crippen LogP contribution in [-0.4, -0.2) is 96.3 Å². The number of nitrogens with two attached hydrogens (primary N) is 1. The Kier molecular flexibility index (Phi) is 10.7. The van der Waals surface area contributed by atoms with Crippen LogP contribution in [0.3, 0.4) is 0 Å². The lowest BCUT2D eigenvalue weighted by atomic mass is 9.55. The van der Waals surface area contributed by atoms with Crippen molar-refractivity contribution in [3.05, 3.63) is 93.1 Å². The molecule has 1 aromatic heterocycles. The van der Waals surface area contributed by atoms with Gasteiger partial charge in [0, 0.05) is 28.8 Å². The van der Waals surface area contributed by atoms with Gasteiger partial charge in [-0.3, -0.25) is 19.3 Å². The van der Waals surface area contributed by atoms with Gasteiger partial charge in [-0.1, -0.05) is 30.7 Å². The highest BCUT2D eigenvalue weighted by molar-refractivity contribution is 6.24.